The lowest BCUT2D eigenvalue weighted by Crippen LogP contribution is -1.98. The molecule has 0 saturated heterocycles. The third kappa shape index (κ3) is 4.29. The summed E-state index contributed by atoms with van der Waals surface area (Å²) in [5, 5.41) is 8.95. The first-order chi connectivity index (χ1) is 4.95. The molecule has 0 radical (unpaired) electrons. The van der Waals surface area contributed by atoms with E-state index >= 15 is 0 Å². The summed E-state index contributed by atoms with van der Waals surface area (Å²) in [6.07, 6.45) is 1.85. The highest BCUT2D eigenvalue weighted by Gasteiger charge is 2.04. The van der Waals surface area contributed by atoms with Gasteiger partial charge < -0.3 is 5.11 Å². The van der Waals surface area contributed by atoms with Crippen molar-refractivity contribution in [1.82, 2.24) is 0 Å². The molecule has 1 nitrogen and oxygen atoms in total. The van der Waals surface area contributed by atoms with Gasteiger partial charge in [-0.2, -0.15) is 0 Å². The van der Waals surface area contributed by atoms with Crippen molar-refractivity contribution in [2.24, 2.45) is 0 Å². The van der Waals surface area contributed by atoms with E-state index < -0.39 is 0 Å². The van der Waals surface area contributed by atoms with Crippen LogP contribution in [-0.4, -0.2) is 9.68 Å². The summed E-state index contributed by atoms with van der Waals surface area (Å²) in [5.41, 5.74) is 1.77. The maximum absolute atomic E-state index is 8.95. The number of aliphatic hydroxyl groups excluding tert-OH is 1. The van der Waals surface area contributed by atoms with Crippen molar-refractivity contribution in [3.63, 3.8) is 0 Å². The van der Waals surface area contributed by atoms with Gasteiger partial charge in [0, 0.05) is 0 Å². The van der Waals surface area contributed by atoms with Gasteiger partial charge in [-0.05, 0) is 12.5 Å². The van der Waals surface area contributed by atoms with E-state index in [0.717, 1.165) is 11.0 Å². The standard InChI is InChI=1S/C8H12BIO/c1-6(8(3)11)5-7(2)9(4)10/h5,11H,2-3H2,1,4H3/b6-5-. The first-order valence-corrected chi connectivity index (χ1v) is 4.59. The second kappa shape index (κ2) is 4.64. The minimum Gasteiger partial charge on any atom is -0.508 e. The van der Waals surface area contributed by atoms with Gasteiger partial charge in [0.15, 0.2) is 0 Å². The summed E-state index contributed by atoms with van der Waals surface area (Å²) in [5.74, 6) is 0.114. The Kier molecular flexibility index (Phi) is 4.57. The van der Waals surface area contributed by atoms with Crippen molar-refractivity contribution < 1.29 is 5.11 Å². The predicted molar refractivity (Wildman–Crippen MR) is 60.3 cm³/mol. The molecule has 0 unspecified atom stereocenters. The smallest absolute Gasteiger partial charge is 0.246 e. The van der Waals surface area contributed by atoms with Crippen LogP contribution in [0.25, 0.3) is 0 Å². The molecule has 3 heteroatoms. The predicted octanol–water partition coefficient (Wildman–Crippen LogP) is 3.16. The largest absolute Gasteiger partial charge is 0.508 e. The first kappa shape index (κ1) is 10.8. The lowest BCUT2D eigenvalue weighted by Gasteiger charge is -2.01. The summed E-state index contributed by atoms with van der Waals surface area (Å²) in [6, 6.07) is 0. The average Bonchev–Trinajstić information content (AvgIpc) is 1.87. The molecule has 0 aliphatic heterocycles. The molecule has 60 valence electrons. The topological polar surface area (TPSA) is 20.2 Å². The monoisotopic (exact) mass is 262 g/mol. The summed E-state index contributed by atoms with van der Waals surface area (Å²) in [4.78, 5) is 0. The van der Waals surface area contributed by atoms with Crippen LogP contribution < -0.4 is 0 Å². The Hall–Kier alpha value is -0.185. The fraction of sp³-hybridized carbons (Fsp3) is 0.250. The minimum absolute atomic E-state index is 0.114. The van der Waals surface area contributed by atoms with Crippen LogP contribution in [0.2, 0.25) is 6.82 Å². The van der Waals surface area contributed by atoms with E-state index in [1.54, 1.807) is 0 Å². The Bertz CT molecular complexity index is 206. The Morgan fingerprint density at radius 2 is 2.00 bits per heavy atom. The number of hydrogen-bond donors (Lipinski definition) is 1. The lowest BCUT2D eigenvalue weighted by molar-refractivity contribution is 0.426. The van der Waals surface area contributed by atoms with Gasteiger partial charge in [0.25, 0.3) is 0 Å². The van der Waals surface area contributed by atoms with Crippen molar-refractivity contribution in [2.45, 2.75) is 13.7 Å². The summed E-state index contributed by atoms with van der Waals surface area (Å²) < 4.78 is 0.391. The zero-order valence-electron chi connectivity index (χ0n) is 6.89. The van der Waals surface area contributed by atoms with Crippen molar-refractivity contribution in [2.75, 3.05) is 0 Å². The molecule has 0 spiro atoms. The quantitative estimate of drug-likeness (QED) is 0.358. The van der Waals surface area contributed by atoms with Crippen molar-refractivity contribution in [3.8, 4) is 0 Å². The van der Waals surface area contributed by atoms with Crippen molar-refractivity contribution in [3.05, 3.63) is 36.0 Å². The molecule has 0 aliphatic carbocycles. The molecule has 0 aromatic heterocycles. The first-order valence-electron chi connectivity index (χ1n) is 3.34. The van der Waals surface area contributed by atoms with Gasteiger partial charge in [-0.1, -0.05) is 25.0 Å². The van der Waals surface area contributed by atoms with E-state index in [1.165, 1.54) is 0 Å². The number of rotatable bonds is 3. The molecular formula is C8H12BIO. The number of allylic oxidation sites excluding steroid dienone is 3. The van der Waals surface area contributed by atoms with Crippen LogP contribution in [0.4, 0.5) is 0 Å². The van der Waals surface area contributed by atoms with E-state index in [9.17, 15) is 0 Å². The van der Waals surface area contributed by atoms with Crippen molar-refractivity contribution in [1.29, 1.82) is 0 Å². The van der Waals surface area contributed by atoms with Gasteiger partial charge in [0.1, 0.15) is 5.76 Å². The van der Waals surface area contributed by atoms with Gasteiger partial charge in [-0.25, -0.2) is 0 Å². The molecule has 0 aliphatic rings. The fourth-order valence-electron chi connectivity index (χ4n) is 0.476. The fourth-order valence-corrected chi connectivity index (χ4v) is 0.656. The van der Waals surface area contributed by atoms with Gasteiger partial charge in [-0.15, -0.1) is 29.0 Å². The van der Waals surface area contributed by atoms with E-state index in [0.29, 0.717) is 4.57 Å². The van der Waals surface area contributed by atoms with Crippen LogP contribution >= 0.6 is 22.4 Å². The number of aliphatic hydroxyl groups is 1. The van der Waals surface area contributed by atoms with E-state index in [-0.39, 0.29) is 5.76 Å². The number of hydrogen-bond acceptors (Lipinski definition) is 1. The maximum Gasteiger partial charge on any atom is 0.246 e. The van der Waals surface area contributed by atoms with E-state index in [4.69, 9.17) is 5.11 Å². The Labute approximate surface area is 81.8 Å². The summed E-state index contributed by atoms with van der Waals surface area (Å²) in [7, 11) is 0. The molecule has 0 saturated carbocycles. The molecule has 0 aromatic rings. The Morgan fingerprint density at radius 1 is 1.55 bits per heavy atom. The molecule has 0 aromatic carbocycles. The Morgan fingerprint density at radius 3 is 2.27 bits per heavy atom. The third-order valence-electron chi connectivity index (χ3n) is 1.37. The highest BCUT2D eigenvalue weighted by Crippen LogP contribution is 2.12. The molecule has 0 amide bonds. The second-order valence-electron chi connectivity index (χ2n) is 2.46. The number of halogens is 1. The van der Waals surface area contributed by atoms with Crippen LogP contribution in [0.5, 0.6) is 0 Å². The second-order valence-corrected chi connectivity index (χ2v) is 4.33. The van der Waals surface area contributed by atoms with Crippen LogP contribution in [-0.2, 0) is 0 Å². The van der Waals surface area contributed by atoms with E-state index in [2.05, 4.69) is 35.5 Å². The minimum atomic E-state index is 0.114. The van der Waals surface area contributed by atoms with Gasteiger partial charge in [0.2, 0.25) is 4.57 Å². The van der Waals surface area contributed by atoms with Gasteiger partial charge in [-0.3, -0.25) is 0 Å². The van der Waals surface area contributed by atoms with Gasteiger partial charge in [0.05, 0.1) is 0 Å². The zero-order chi connectivity index (χ0) is 9.02. The summed E-state index contributed by atoms with van der Waals surface area (Å²) in [6.45, 7) is 11.1. The molecule has 0 atom stereocenters. The zero-order valence-corrected chi connectivity index (χ0v) is 9.05. The molecule has 0 bridgehead atoms. The average molecular weight is 262 g/mol. The highest BCUT2D eigenvalue weighted by molar-refractivity contribution is 14.1. The third-order valence-corrected chi connectivity index (χ3v) is 2.17. The molecule has 0 fully saturated rings. The summed E-state index contributed by atoms with van der Waals surface area (Å²) >= 11 is 2.27. The highest BCUT2D eigenvalue weighted by atomic mass is 127. The van der Waals surface area contributed by atoms with E-state index in [1.807, 2.05) is 19.8 Å². The lowest BCUT2D eigenvalue weighted by atomic mass is 9.72. The van der Waals surface area contributed by atoms with Crippen molar-refractivity contribution >= 4 is 26.9 Å². The normalized spacial score (nSPS) is 11.0. The molecule has 0 heterocycles. The molecule has 11 heavy (non-hydrogen) atoms. The van der Waals surface area contributed by atoms with Gasteiger partial charge >= 0.3 is 0 Å². The maximum atomic E-state index is 8.95. The van der Waals surface area contributed by atoms with Crippen LogP contribution in [0, 0.1) is 0 Å². The Balaban J connectivity index is 4.32. The molecule has 0 rings (SSSR count). The molecule has 1 N–H and O–H groups in total. The SMILES string of the molecule is C=C(/C=C(/C)C(=C)O)B(C)I. The van der Waals surface area contributed by atoms with Crippen LogP contribution in [0.15, 0.2) is 36.0 Å². The molecular weight excluding hydrogens is 250 g/mol. The van der Waals surface area contributed by atoms with Crippen LogP contribution in [0.3, 0.4) is 0 Å². The van der Waals surface area contributed by atoms with Crippen LogP contribution in [0.1, 0.15) is 6.92 Å².